The SMILES string of the molecule is C[C@H](OC(=O)CSc1nc2ccccc2o1)C(=O)c1ccc(OC(F)F)cc1. The average Bonchev–Trinajstić information content (AvgIpc) is 3.09. The van der Waals surface area contributed by atoms with E-state index in [0.717, 1.165) is 11.8 Å². The van der Waals surface area contributed by atoms with Crippen LogP contribution in [0.2, 0.25) is 0 Å². The summed E-state index contributed by atoms with van der Waals surface area (Å²) in [5.41, 5.74) is 1.51. The number of nitrogens with zero attached hydrogens (tertiary/aromatic N) is 1. The summed E-state index contributed by atoms with van der Waals surface area (Å²) < 4.78 is 39.1. The van der Waals surface area contributed by atoms with Crippen molar-refractivity contribution in [2.45, 2.75) is 24.9 Å². The van der Waals surface area contributed by atoms with Gasteiger partial charge in [-0.05, 0) is 43.3 Å². The molecule has 0 unspecified atom stereocenters. The molecule has 6 nitrogen and oxygen atoms in total. The fourth-order valence-electron chi connectivity index (χ4n) is 2.35. The number of carbonyl (C=O) groups excluding carboxylic acids is 2. The number of alkyl halides is 2. The molecule has 0 N–H and O–H groups in total. The van der Waals surface area contributed by atoms with Gasteiger partial charge < -0.3 is 13.9 Å². The summed E-state index contributed by atoms with van der Waals surface area (Å²) >= 11 is 1.06. The summed E-state index contributed by atoms with van der Waals surface area (Å²) in [5.74, 6) is -1.20. The highest BCUT2D eigenvalue weighted by atomic mass is 32.2. The molecule has 0 aliphatic rings. The van der Waals surface area contributed by atoms with Crippen molar-refractivity contribution in [1.29, 1.82) is 0 Å². The van der Waals surface area contributed by atoms with Crippen molar-refractivity contribution in [3.63, 3.8) is 0 Å². The van der Waals surface area contributed by atoms with Crippen LogP contribution in [0.1, 0.15) is 17.3 Å². The Bertz CT molecular complexity index is 941. The van der Waals surface area contributed by atoms with E-state index in [-0.39, 0.29) is 17.1 Å². The van der Waals surface area contributed by atoms with E-state index < -0.39 is 24.5 Å². The van der Waals surface area contributed by atoms with Gasteiger partial charge in [0.05, 0.1) is 0 Å². The first kappa shape index (κ1) is 19.8. The second kappa shape index (κ2) is 8.83. The Labute approximate surface area is 162 Å². The molecule has 28 heavy (non-hydrogen) atoms. The third-order valence-corrected chi connectivity index (χ3v) is 4.43. The number of para-hydroxylation sites is 2. The summed E-state index contributed by atoms with van der Waals surface area (Å²) in [6, 6.07) is 12.4. The molecule has 0 amide bonds. The van der Waals surface area contributed by atoms with Crippen molar-refractivity contribution in [3.8, 4) is 5.75 Å². The number of thioether (sulfide) groups is 1. The van der Waals surface area contributed by atoms with E-state index in [1.165, 1.54) is 31.2 Å². The largest absolute Gasteiger partial charge is 0.454 e. The van der Waals surface area contributed by atoms with Gasteiger partial charge in [0.1, 0.15) is 17.0 Å². The molecule has 0 aliphatic carbocycles. The molecule has 0 bridgehead atoms. The smallest absolute Gasteiger partial charge is 0.387 e. The van der Waals surface area contributed by atoms with Crippen LogP contribution in [-0.2, 0) is 9.53 Å². The molecule has 0 aliphatic heterocycles. The predicted molar refractivity (Wildman–Crippen MR) is 97.7 cm³/mol. The van der Waals surface area contributed by atoms with Gasteiger partial charge in [-0.25, -0.2) is 4.98 Å². The average molecular weight is 407 g/mol. The van der Waals surface area contributed by atoms with Crippen molar-refractivity contribution < 1.29 is 32.3 Å². The maximum atomic E-state index is 12.3. The number of esters is 1. The summed E-state index contributed by atoms with van der Waals surface area (Å²) in [6.07, 6.45) is -1.03. The number of benzene rings is 2. The predicted octanol–water partition coefficient (Wildman–Crippen LogP) is 4.34. The van der Waals surface area contributed by atoms with Crippen LogP contribution in [0.15, 0.2) is 58.2 Å². The van der Waals surface area contributed by atoms with E-state index >= 15 is 0 Å². The minimum Gasteiger partial charge on any atom is -0.454 e. The minimum absolute atomic E-state index is 0.0640. The number of hydrogen-bond acceptors (Lipinski definition) is 7. The Kier molecular flexibility index (Phi) is 6.25. The molecular formula is C19H15F2NO5S. The summed E-state index contributed by atoms with van der Waals surface area (Å²) in [6.45, 7) is -1.51. The molecule has 0 fully saturated rings. The Morgan fingerprint density at radius 3 is 2.54 bits per heavy atom. The number of rotatable bonds is 8. The van der Waals surface area contributed by atoms with Crippen LogP contribution >= 0.6 is 11.8 Å². The number of fused-ring (bicyclic) bond motifs is 1. The number of Topliss-reactive ketones (excluding diaryl/α,β-unsaturated/α-hetero) is 1. The van der Waals surface area contributed by atoms with Gasteiger partial charge in [0.25, 0.3) is 5.22 Å². The monoisotopic (exact) mass is 407 g/mol. The second-order valence-corrected chi connectivity index (χ2v) is 6.56. The molecule has 0 spiro atoms. The summed E-state index contributed by atoms with van der Waals surface area (Å²) in [5, 5.41) is 0.326. The first-order valence-electron chi connectivity index (χ1n) is 8.19. The van der Waals surface area contributed by atoms with E-state index in [1.54, 1.807) is 12.1 Å². The molecule has 1 atom stereocenters. The fourth-order valence-corrected chi connectivity index (χ4v) is 2.97. The molecule has 2 aromatic carbocycles. The van der Waals surface area contributed by atoms with Crippen molar-refractivity contribution in [1.82, 2.24) is 4.98 Å². The molecule has 0 radical (unpaired) electrons. The third-order valence-electron chi connectivity index (χ3n) is 3.63. The lowest BCUT2D eigenvalue weighted by Gasteiger charge is -2.12. The molecule has 3 rings (SSSR count). The number of halogens is 2. The molecule has 1 heterocycles. The molecule has 3 aromatic rings. The van der Waals surface area contributed by atoms with Crippen molar-refractivity contribution in [2.75, 3.05) is 5.75 Å². The number of ketones is 1. The van der Waals surface area contributed by atoms with E-state index in [0.29, 0.717) is 16.3 Å². The van der Waals surface area contributed by atoms with Crippen LogP contribution in [0.5, 0.6) is 5.75 Å². The first-order valence-corrected chi connectivity index (χ1v) is 9.18. The lowest BCUT2D eigenvalue weighted by Crippen LogP contribution is -2.25. The first-order chi connectivity index (χ1) is 13.4. The number of ether oxygens (including phenoxy) is 2. The van der Waals surface area contributed by atoms with Gasteiger partial charge in [-0.2, -0.15) is 8.78 Å². The second-order valence-electron chi connectivity index (χ2n) is 5.64. The van der Waals surface area contributed by atoms with Crippen LogP contribution in [0.4, 0.5) is 8.78 Å². The van der Waals surface area contributed by atoms with Gasteiger partial charge in [-0.3, -0.25) is 9.59 Å². The maximum absolute atomic E-state index is 12.3. The molecule has 0 saturated heterocycles. The van der Waals surface area contributed by atoms with Crippen LogP contribution in [-0.4, -0.2) is 35.2 Å². The Balaban J connectivity index is 1.52. The Morgan fingerprint density at radius 2 is 1.86 bits per heavy atom. The Morgan fingerprint density at radius 1 is 1.14 bits per heavy atom. The summed E-state index contributed by atoms with van der Waals surface area (Å²) in [4.78, 5) is 28.5. The zero-order chi connectivity index (χ0) is 20.1. The van der Waals surface area contributed by atoms with Gasteiger partial charge in [-0.1, -0.05) is 23.9 Å². The van der Waals surface area contributed by atoms with E-state index in [2.05, 4.69) is 9.72 Å². The van der Waals surface area contributed by atoms with Crippen LogP contribution in [0.3, 0.4) is 0 Å². The zero-order valence-electron chi connectivity index (χ0n) is 14.6. The normalized spacial score (nSPS) is 12.1. The highest BCUT2D eigenvalue weighted by Crippen LogP contribution is 2.23. The number of aromatic nitrogens is 1. The highest BCUT2D eigenvalue weighted by molar-refractivity contribution is 7.99. The van der Waals surface area contributed by atoms with E-state index in [4.69, 9.17) is 9.15 Å². The number of hydrogen-bond donors (Lipinski definition) is 0. The lowest BCUT2D eigenvalue weighted by molar-refractivity contribution is -0.143. The third kappa shape index (κ3) is 5.07. The Hall–Kier alpha value is -2.94. The van der Waals surface area contributed by atoms with E-state index in [1.807, 2.05) is 12.1 Å². The maximum Gasteiger partial charge on any atom is 0.387 e. The van der Waals surface area contributed by atoms with Crippen LogP contribution < -0.4 is 4.74 Å². The van der Waals surface area contributed by atoms with Crippen molar-refractivity contribution in [3.05, 3.63) is 54.1 Å². The molecule has 0 saturated carbocycles. The molecule has 1 aromatic heterocycles. The highest BCUT2D eigenvalue weighted by Gasteiger charge is 2.20. The van der Waals surface area contributed by atoms with Crippen molar-refractivity contribution >= 4 is 34.6 Å². The van der Waals surface area contributed by atoms with Gasteiger partial charge in [0.2, 0.25) is 5.78 Å². The summed E-state index contributed by atoms with van der Waals surface area (Å²) in [7, 11) is 0. The van der Waals surface area contributed by atoms with Gasteiger partial charge in [-0.15, -0.1) is 0 Å². The van der Waals surface area contributed by atoms with Gasteiger partial charge >= 0.3 is 12.6 Å². The van der Waals surface area contributed by atoms with Gasteiger partial charge in [0.15, 0.2) is 11.7 Å². The van der Waals surface area contributed by atoms with Gasteiger partial charge in [0, 0.05) is 5.56 Å². The topological polar surface area (TPSA) is 78.6 Å². The fraction of sp³-hybridized carbons (Fsp3) is 0.211. The molecule has 9 heteroatoms. The number of carbonyl (C=O) groups is 2. The number of oxazole rings is 1. The van der Waals surface area contributed by atoms with Crippen LogP contribution in [0, 0.1) is 0 Å². The molecular weight excluding hydrogens is 392 g/mol. The van der Waals surface area contributed by atoms with Crippen LogP contribution in [0.25, 0.3) is 11.1 Å². The van der Waals surface area contributed by atoms with E-state index in [9.17, 15) is 18.4 Å². The van der Waals surface area contributed by atoms with Crippen molar-refractivity contribution in [2.24, 2.45) is 0 Å². The standard InChI is InChI=1S/C19H15F2NO5S/c1-11(17(24)12-6-8-13(9-7-12)26-18(20)21)25-16(23)10-28-19-22-14-4-2-3-5-15(14)27-19/h2-9,11,18H,10H2,1H3/t11-/m0/s1. The molecule has 146 valence electrons. The lowest BCUT2D eigenvalue weighted by atomic mass is 10.1. The quantitative estimate of drug-likeness (QED) is 0.312. The minimum atomic E-state index is -2.94. The zero-order valence-corrected chi connectivity index (χ0v) is 15.4.